The first-order chi connectivity index (χ1) is 24.2. The highest BCUT2D eigenvalue weighted by Crippen LogP contribution is 2.55. The molecular formula is C47H48N2. The van der Waals surface area contributed by atoms with Crippen molar-refractivity contribution in [3.8, 4) is 0 Å². The van der Waals surface area contributed by atoms with Gasteiger partial charge < -0.3 is 10.2 Å². The van der Waals surface area contributed by atoms with E-state index >= 15 is 0 Å². The van der Waals surface area contributed by atoms with Crippen LogP contribution >= 0.6 is 0 Å². The molecule has 7 atom stereocenters. The van der Waals surface area contributed by atoms with E-state index < -0.39 is 0 Å². The Hall–Kier alpha value is -4.56. The van der Waals surface area contributed by atoms with Crippen LogP contribution in [0.5, 0.6) is 0 Å². The van der Waals surface area contributed by atoms with Crippen molar-refractivity contribution in [2.24, 2.45) is 35.5 Å². The van der Waals surface area contributed by atoms with Crippen LogP contribution in [-0.2, 0) is 0 Å². The molecule has 0 amide bonds. The van der Waals surface area contributed by atoms with Gasteiger partial charge in [0.25, 0.3) is 0 Å². The molecule has 1 aromatic carbocycles. The Labute approximate surface area is 293 Å². The van der Waals surface area contributed by atoms with Crippen LogP contribution in [0.25, 0.3) is 0 Å². The minimum absolute atomic E-state index is 0.112. The standard InChI is InChI=1S/C47H48N2/c1-31-15-9-10-20-37(31)45-39-21-11-12-22-40(39)46(42-30-35(25-27-41(42)45)33-16-5-3-6-17-33)38-28-26-36(29-32(38)2)49-44-24-14-13-23-43(44)48-47(49)34-18-7-4-8-19-34/h4-5,7-10,14-22,24-32,37-38,42,46-48H,3,6,11-13,23H2,1-2H3/t31?,32-,37?,38?,42?,46?,47?/m1/s1. The highest BCUT2D eigenvalue weighted by atomic mass is 15.3. The number of hydrogen-bond acceptors (Lipinski definition) is 2. The molecule has 246 valence electrons. The summed E-state index contributed by atoms with van der Waals surface area (Å²) >= 11 is 0. The molecule has 0 spiro atoms. The largest absolute Gasteiger partial charge is 0.363 e. The summed E-state index contributed by atoms with van der Waals surface area (Å²) in [5, 5.41) is 3.92. The van der Waals surface area contributed by atoms with E-state index in [0.717, 1.165) is 38.5 Å². The first-order valence-corrected chi connectivity index (χ1v) is 18.8. The zero-order valence-corrected chi connectivity index (χ0v) is 28.9. The molecular weight excluding hydrogens is 593 g/mol. The van der Waals surface area contributed by atoms with Gasteiger partial charge in [-0.25, -0.2) is 0 Å². The van der Waals surface area contributed by atoms with Gasteiger partial charge in [-0.2, -0.15) is 0 Å². The van der Waals surface area contributed by atoms with E-state index in [-0.39, 0.29) is 6.17 Å². The quantitative estimate of drug-likeness (QED) is 0.344. The summed E-state index contributed by atoms with van der Waals surface area (Å²) in [6.07, 6.45) is 48.4. The Balaban J connectivity index is 1.13. The summed E-state index contributed by atoms with van der Waals surface area (Å²) in [4.78, 5) is 2.56. The van der Waals surface area contributed by atoms with Crippen LogP contribution < -0.4 is 5.32 Å². The molecule has 0 saturated heterocycles. The van der Waals surface area contributed by atoms with E-state index in [1.807, 2.05) is 0 Å². The number of nitrogens with one attached hydrogen (secondary N) is 1. The van der Waals surface area contributed by atoms with Gasteiger partial charge in [-0.15, -0.1) is 0 Å². The van der Waals surface area contributed by atoms with Crippen LogP contribution in [0.4, 0.5) is 0 Å². The fraction of sp³-hybridized carbons (Fsp3) is 0.319. The summed E-state index contributed by atoms with van der Waals surface area (Å²) in [5.41, 5.74) is 14.3. The van der Waals surface area contributed by atoms with Crippen LogP contribution in [-0.4, -0.2) is 4.90 Å². The molecule has 7 aliphatic carbocycles. The van der Waals surface area contributed by atoms with Crippen LogP contribution in [0.3, 0.4) is 0 Å². The zero-order chi connectivity index (χ0) is 32.9. The normalized spacial score (nSPS) is 32.9. The molecule has 2 heteroatoms. The topological polar surface area (TPSA) is 15.3 Å². The van der Waals surface area contributed by atoms with Crippen molar-refractivity contribution in [2.45, 2.75) is 58.5 Å². The number of nitrogens with zero attached hydrogens (tertiary/aromatic N) is 1. The molecule has 0 aromatic heterocycles. The Bertz CT molecular complexity index is 1940. The Morgan fingerprint density at radius 1 is 0.694 bits per heavy atom. The lowest BCUT2D eigenvalue weighted by atomic mass is 9.57. The summed E-state index contributed by atoms with van der Waals surface area (Å²) in [5.74, 6) is 2.41. The molecule has 1 N–H and O–H groups in total. The number of hydrogen-bond donors (Lipinski definition) is 1. The SMILES string of the molecule is CC1C=CC=CC1C1=C2C=CC(C3=CCCC=C3)=CC2C(C2C=CC(N3C4=C(CCC=C4)NC3c3ccccc3)=C[C@H]2C)C2=CCCC=C21. The van der Waals surface area contributed by atoms with Gasteiger partial charge in [0.1, 0.15) is 6.17 Å². The summed E-state index contributed by atoms with van der Waals surface area (Å²) in [7, 11) is 0. The van der Waals surface area contributed by atoms with Crippen molar-refractivity contribution >= 4 is 0 Å². The monoisotopic (exact) mass is 640 g/mol. The lowest BCUT2D eigenvalue weighted by molar-refractivity contribution is 0.299. The lowest BCUT2D eigenvalue weighted by Gasteiger charge is -2.47. The molecule has 6 unspecified atom stereocenters. The van der Waals surface area contributed by atoms with Crippen LogP contribution in [0.1, 0.15) is 64.1 Å². The summed E-state index contributed by atoms with van der Waals surface area (Å²) in [6.45, 7) is 4.87. The third kappa shape index (κ3) is 5.32. The maximum atomic E-state index is 3.92. The smallest absolute Gasteiger partial charge is 0.130 e. The van der Waals surface area contributed by atoms with Crippen LogP contribution in [0, 0.1) is 35.5 Å². The maximum Gasteiger partial charge on any atom is 0.130 e. The fourth-order valence-corrected chi connectivity index (χ4v) is 9.71. The average molecular weight is 641 g/mol. The first kappa shape index (κ1) is 30.5. The van der Waals surface area contributed by atoms with Crippen molar-refractivity contribution in [1.29, 1.82) is 0 Å². The molecule has 9 rings (SSSR count). The van der Waals surface area contributed by atoms with E-state index in [0.29, 0.717) is 35.5 Å². The Morgan fingerprint density at radius 3 is 2.37 bits per heavy atom. The molecule has 1 heterocycles. The van der Waals surface area contributed by atoms with E-state index in [2.05, 4.69) is 158 Å². The second-order valence-corrected chi connectivity index (χ2v) is 15.0. The van der Waals surface area contributed by atoms with E-state index in [4.69, 9.17) is 0 Å². The summed E-state index contributed by atoms with van der Waals surface area (Å²) in [6, 6.07) is 11.0. The third-order valence-corrected chi connectivity index (χ3v) is 12.1. The number of benzene rings is 1. The van der Waals surface area contributed by atoms with Gasteiger partial charge in [-0.05, 0) is 107 Å². The second-order valence-electron chi connectivity index (χ2n) is 15.0. The molecule has 49 heavy (non-hydrogen) atoms. The minimum Gasteiger partial charge on any atom is -0.363 e. The van der Waals surface area contributed by atoms with E-state index in [1.165, 1.54) is 39.4 Å². The minimum atomic E-state index is 0.112. The Morgan fingerprint density at radius 2 is 1.53 bits per heavy atom. The molecule has 0 radical (unpaired) electrons. The fourth-order valence-electron chi connectivity index (χ4n) is 9.71. The maximum absolute atomic E-state index is 3.92. The van der Waals surface area contributed by atoms with Crippen molar-refractivity contribution in [2.75, 3.05) is 0 Å². The predicted octanol–water partition coefficient (Wildman–Crippen LogP) is 11.2. The molecule has 0 bridgehead atoms. The van der Waals surface area contributed by atoms with Crippen molar-refractivity contribution < 1.29 is 0 Å². The highest BCUT2D eigenvalue weighted by molar-refractivity contribution is 5.65. The van der Waals surface area contributed by atoms with Crippen molar-refractivity contribution in [1.82, 2.24) is 10.2 Å². The van der Waals surface area contributed by atoms with Gasteiger partial charge in [0.05, 0.1) is 5.70 Å². The van der Waals surface area contributed by atoms with Gasteiger partial charge >= 0.3 is 0 Å². The van der Waals surface area contributed by atoms with Crippen LogP contribution in [0.2, 0.25) is 0 Å². The first-order valence-electron chi connectivity index (χ1n) is 18.8. The van der Waals surface area contributed by atoms with Crippen molar-refractivity contribution in [3.63, 3.8) is 0 Å². The van der Waals surface area contributed by atoms with Crippen LogP contribution in [0.15, 0.2) is 184 Å². The van der Waals surface area contributed by atoms with Crippen molar-refractivity contribution in [3.05, 3.63) is 190 Å². The molecule has 8 aliphatic rings. The number of allylic oxidation sites excluding steroid dienone is 24. The molecule has 0 saturated carbocycles. The van der Waals surface area contributed by atoms with Gasteiger partial charge in [0.2, 0.25) is 0 Å². The predicted molar refractivity (Wildman–Crippen MR) is 203 cm³/mol. The molecule has 2 nitrogen and oxygen atoms in total. The molecule has 0 fully saturated rings. The molecule has 1 aromatic rings. The molecule has 1 aliphatic heterocycles. The Kier molecular flexibility index (Phi) is 7.91. The average Bonchev–Trinajstić information content (AvgIpc) is 3.55. The highest BCUT2D eigenvalue weighted by Gasteiger charge is 2.45. The lowest BCUT2D eigenvalue weighted by Crippen LogP contribution is -2.37. The number of rotatable bonds is 5. The van der Waals surface area contributed by atoms with Gasteiger partial charge in [-0.3, -0.25) is 0 Å². The van der Waals surface area contributed by atoms with Gasteiger partial charge in [0.15, 0.2) is 0 Å². The second kappa shape index (κ2) is 12.7. The van der Waals surface area contributed by atoms with Gasteiger partial charge in [-0.1, -0.05) is 135 Å². The number of fused-ring (bicyclic) bond motifs is 2. The van der Waals surface area contributed by atoms with Gasteiger partial charge in [0, 0.05) is 29.1 Å². The zero-order valence-electron chi connectivity index (χ0n) is 28.9. The van der Waals surface area contributed by atoms with E-state index in [1.54, 1.807) is 16.7 Å². The third-order valence-electron chi connectivity index (χ3n) is 12.1. The summed E-state index contributed by atoms with van der Waals surface area (Å²) < 4.78 is 0. The van der Waals surface area contributed by atoms with E-state index in [9.17, 15) is 0 Å².